The van der Waals surface area contributed by atoms with E-state index in [2.05, 4.69) is 36.2 Å². The van der Waals surface area contributed by atoms with E-state index in [4.69, 9.17) is 0 Å². The van der Waals surface area contributed by atoms with Crippen LogP contribution in [0.4, 0.5) is 0 Å². The third kappa shape index (κ3) is 3.93. The number of aromatic hydroxyl groups is 1. The fourth-order valence-corrected chi connectivity index (χ4v) is 4.35. The van der Waals surface area contributed by atoms with Crippen molar-refractivity contribution in [2.45, 2.75) is 38.6 Å². The molecule has 4 atom stereocenters. The molecule has 1 fully saturated rings. The van der Waals surface area contributed by atoms with Gasteiger partial charge in [-0.1, -0.05) is 56.3 Å². The molecule has 1 aliphatic rings. The van der Waals surface area contributed by atoms with Crippen LogP contribution in [0.1, 0.15) is 30.5 Å². The highest BCUT2D eigenvalue weighted by Gasteiger charge is 2.62. The summed E-state index contributed by atoms with van der Waals surface area (Å²) in [6.07, 6.45) is 0.824. The predicted molar refractivity (Wildman–Crippen MR) is 113 cm³/mol. The minimum atomic E-state index is -0.0764. The molecule has 0 heterocycles. The Bertz CT molecular complexity index is 834. The largest absolute Gasteiger partial charge is 0.508 e. The second kappa shape index (κ2) is 7.96. The van der Waals surface area contributed by atoms with E-state index in [1.807, 2.05) is 51.4 Å². The summed E-state index contributed by atoms with van der Waals surface area (Å²) in [6, 6.07) is 16.3. The van der Waals surface area contributed by atoms with Crippen LogP contribution < -0.4 is 5.32 Å². The summed E-state index contributed by atoms with van der Waals surface area (Å²) in [5.41, 5.74) is 3.21. The molecule has 4 heteroatoms. The number of rotatable bonds is 7. The first kappa shape index (κ1) is 20.4. The van der Waals surface area contributed by atoms with E-state index in [0.29, 0.717) is 18.2 Å². The number of amides is 1. The second-order valence-corrected chi connectivity index (χ2v) is 8.60. The van der Waals surface area contributed by atoms with Gasteiger partial charge in [-0.2, -0.15) is 0 Å². The van der Waals surface area contributed by atoms with Crippen LogP contribution in [0.3, 0.4) is 0 Å². The van der Waals surface area contributed by atoms with Gasteiger partial charge < -0.3 is 15.3 Å². The van der Waals surface area contributed by atoms with Crippen molar-refractivity contribution in [3.8, 4) is 5.75 Å². The normalized spacial score (nSPS) is 24.8. The first-order chi connectivity index (χ1) is 13.2. The van der Waals surface area contributed by atoms with E-state index in [1.54, 1.807) is 6.07 Å². The number of hydrogen-bond acceptors (Lipinski definition) is 3. The zero-order chi connectivity index (χ0) is 20.5. The van der Waals surface area contributed by atoms with Crippen molar-refractivity contribution >= 4 is 5.91 Å². The minimum Gasteiger partial charge on any atom is -0.508 e. The summed E-state index contributed by atoms with van der Waals surface area (Å²) in [7, 11) is 4.08. The molecule has 0 bridgehead atoms. The Balaban J connectivity index is 1.62. The van der Waals surface area contributed by atoms with Crippen LogP contribution in [0.25, 0.3) is 0 Å². The first-order valence-electron chi connectivity index (χ1n) is 10.0. The molecule has 0 spiro atoms. The zero-order valence-electron chi connectivity index (χ0n) is 17.6. The van der Waals surface area contributed by atoms with Gasteiger partial charge in [0.2, 0.25) is 5.91 Å². The maximum Gasteiger partial charge on any atom is 0.224 e. The number of nitrogens with zero attached hydrogens (tertiary/aromatic N) is 1. The van der Waals surface area contributed by atoms with Gasteiger partial charge in [-0.15, -0.1) is 0 Å². The lowest BCUT2D eigenvalue weighted by atomic mass is 9.94. The van der Waals surface area contributed by atoms with Crippen molar-refractivity contribution in [3.63, 3.8) is 0 Å². The van der Waals surface area contributed by atoms with E-state index in [0.717, 1.165) is 17.5 Å². The van der Waals surface area contributed by atoms with E-state index >= 15 is 0 Å². The molecule has 0 aromatic heterocycles. The summed E-state index contributed by atoms with van der Waals surface area (Å²) in [5, 5.41) is 12.9. The topological polar surface area (TPSA) is 52.6 Å². The van der Waals surface area contributed by atoms with E-state index in [-0.39, 0.29) is 23.3 Å². The van der Waals surface area contributed by atoms with Gasteiger partial charge in [0.1, 0.15) is 5.75 Å². The fraction of sp³-hybridized carbons (Fsp3) is 0.458. The van der Waals surface area contributed by atoms with Gasteiger partial charge >= 0.3 is 0 Å². The van der Waals surface area contributed by atoms with Gasteiger partial charge in [-0.05, 0) is 56.1 Å². The van der Waals surface area contributed by atoms with Gasteiger partial charge in [-0.3, -0.25) is 4.79 Å². The number of benzene rings is 2. The van der Waals surface area contributed by atoms with Crippen LogP contribution in [-0.2, 0) is 16.6 Å². The Morgan fingerprint density at radius 2 is 1.89 bits per heavy atom. The molecule has 1 saturated carbocycles. The molecule has 150 valence electrons. The minimum absolute atomic E-state index is 0.0219. The van der Waals surface area contributed by atoms with Crippen molar-refractivity contribution in [1.29, 1.82) is 0 Å². The predicted octanol–water partition coefficient (Wildman–Crippen LogP) is 3.51. The Kier molecular flexibility index (Phi) is 5.80. The smallest absolute Gasteiger partial charge is 0.224 e. The lowest BCUT2D eigenvalue weighted by molar-refractivity contribution is -0.123. The van der Waals surface area contributed by atoms with Crippen molar-refractivity contribution in [1.82, 2.24) is 10.2 Å². The van der Waals surface area contributed by atoms with Crippen LogP contribution in [-0.4, -0.2) is 42.6 Å². The third-order valence-electron chi connectivity index (χ3n) is 6.64. The number of hydrogen-bond donors (Lipinski definition) is 2. The molecule has 1 amide bonds. The number of carbonyl (C=O) groups is 1. The molecule has 0 aliphatic heterocycles. The average molecular weight is 381 g/mol. The van der Waals surface area contributed by atoms with Crippen molar-refractivity contribution in [3.05, 3.63) is 65.2 Å². The van der Waals surface area contributed by atoms with Gasteiger partial charge in [-0.25, -0.2) is 0 Å². The molecule has 1 aliphatic carbocycles. The summed E-state index contributed by atoms with van der Waals surface area (Å²) in [4.78, 5) is 15.1. The molecular weight excluding hydrogens is 348 g/mol. The highest BCUT2D eigenvalue weighted by Crippen LogP contribution is 2.59. The molecule has 0 radical (unpaired) electrons. The number of carbonyl (C=O) groups excluding carboxylic acids is 1. The Morgan fingerprint density at radius 1 is 1.21 bits per heavy atom. The maximum absolute atomic E-state index is 12.9. The van der Waals surface area contributed by atoms with Crippen LogP contribution >= 0.6 is 0 Å². The summed E-state index contributed by atoms with van der Waals surface area (Å²) in [6.45, 7) is 6.88. The molecular formula is C24H32N2O2. The maximum atomic E-state index is 12.9. The van der Waals surface area contributed by atoms with Gasteiger partial charge in [0.05, 0.1) is 5.92 Å². The van der Waals surface area contributed by atoms with Crippen molar-refractivity contribution < 1.29 is 9.90 Å². The Morgan fingerprint density at radius 3 is 2.50 bits per heavy atom. The second-order valence-electron chi connectivity index (χ2n) is 8.60. The lowest BCUT2D eigenvalue weighted by Gasteiger charge is -2.25. The molecule has 2 aromatic carbocycles. The third-order valence-corrected chi connectivity index (χ3v) is 6.64. The van der Waals surface area contributed by atoms with Crippen molar-refractivity contribution in [2.75, 3.05) is 20.6 Å². The van der Waals surface area contributed by atoms with Gasteiger partial charge in [0, 0.05) is 18.0 Å². The standard InChI is InChI=1S/C24H32N2O2/c1-16-13-18(11-12-21(16)27)14-20(26(4)5)15-25-23(28)22-17(2)24(22,3)19-9-7-6-8-10-19/h6-13,17,20,22,27H,14-15H2,1-5H3,(H,25,28)/t17?,20-,22?,24+/m0/s1. The first-order valence-corrected chi connectivity index (χ1v) is 10.0. The Hall–Kier alpha value is -2.33. The van der Waals surface area contributed by atoms with E-state index in [1.165, 1.54) is 5.56 Å². The number of nitrogens with one attached hydrogen (secondary N) is 1. The molecule has 28 heavy (non-hydrogen) atoms. The zero-order valence-corrected chi connectivity index (χ0v) is 17.6. The lowest BCUT2D eigenvalue weighted by Crippen LogP contribution is -2.42. The number of aryl methyl sites for hydroxylation is 1. The van der Waals surface area contributed by atoms with Crippen LogP contribution in [0, 0.1) is 18.8 Å². The molecule has 3 rings (SSSR count). The monoisotopic (exact) mass is 380 g/mol. The molecule has 4 nitrogen and oxygen atoms in total. The number of phenols is 1. The highest BCUT2D eigenvalue weighted by atomic mass is 16.3. The Labute approximate surface area is 168 Å². The van der Waals surface area contributed by atoms with Crippen molar-refractivity contribution in [2.24, 2.45) is 11.8 Å². The van der Waals surface area contributed by atoms with Gasteiger partial charge in [0.25, 0.3) is 0 Å². The summed E-state index contributed by atoms with van der Waals surface area (Å²) in [5.74, 6) is 0.829. The molecule has 2 unspecified atom stereocenters. The SMILES string of the molecule is Cc1cc(C[C@@H](CNC(=O)C2C(C)[C@]2(C)c2ccccc2)N(C)C)ccc1O. The average Bonchev–Trinajstić information content (AvgIpc) is 3.24. The van der Waals surface area contributed by atoms with Gasteiger partial charge in [0.15, 0.2) is 0 Å². The molecule has 2 aromatic rings. The quantitative estimate of drug-likeness (QED) is 0.773. The van der Waals surface area contributed by atoms with E-state index < -0.39 is 0 Å². The number of phenolic OH excluding ortho intramolecular Hbond substituents is 1. The van der Waals surface area contributed by atoms with Crippen LogP contribution in [0.5, 0.6) is 5.75 Å². The highest BCUT2D eigenvalue weighted by molar-refractivity contribution is 5.85. The summed E-state index contributed by atoms with van der Waals surface area (Å²) >= 11 is 0. The van der Waals surface area contributed by atoms with Crippen LogP contribution in [0.15, 0.2) is 48.5 Å². The molecule has 0 saturated heterocycles. The summed E-state index contributed by atoms with van der Waals surface area (Å²) < 4.78 is 0. The van der Waals surface area contributed by atoms with E-state index in [9.17, 15) is 9.90 Å². The molecule has 2 N–H and O–H groups in total. The fourth-order valence-electron chi connectivity index (χ4n) is 4.35. The van der Waals surface area contributed by atoms with Crippen LogP contribution in [0.2, 0.25) is 0 Å². The number of likely N-dealkylation sites (N-methyl/N-ethyl adjacent to an activating group) is 1.